The molecular weight excluding hydrogens is 248 g/mol. The molecule has 0 aliphatic carbocycles. The smallest absolute Gasteiger partial charge is 0.335 e. The number of carbonyl (C=O) groups excluding carboxylic acids is 2. The van der Waals surface area contributed by atoms with Gasteiger partial charge in [0, 0.05) is 12.1 Å². The molecule has 1 heterocycles. The van der Waals surface area contributed by atoms with E-state index in [-0.39, 0.29) is 17.4 Å². The van der Waals surface area contributed by atoms with Crippen molar-refractivity contribution in [2.45, 2.75) is 25.8 Å². The summed E-state index contributed by atoms with van der Waals surface area (Å²) < 4.78 is 0. The lowest BCUT2D eigenvalue weighted by Crippen LogP contribution is -2.37. The first-order chi connectivity index (χ1) is 8.97. The summed E-state index contributed by atoms with van der Waals surface area (Å²) in [6.07, 6.45) is 0.800. The minimum absolute atomic E-state index is 0.108. The fourth-order valence-corrected chi connectivity index (χ4v) is 1.92. The molecule has 0 spiro atoms. The van der Waals surface area contributed by atoms with E-state index in [0.29, 0.717) is 18.5 Å². The van der Waals surface area contributed by atoms with Crippen LogP contribution in [-0.4, -0.2) is 28.9 Å². The number of hydrogen-bond acceptors (Lipinski definition) is 3. The molecular formula is C13H14N2O4. The maximum Gasteiger partial charge on any atom is 0.335 e. The third-order valence-electron chi connectivity index (χ3n) is 3.05. The fraction of sp³-hybridized carbons (Fsp3) is 0.308. The van der Waals surface area contributed by atoms with Crippen LogP contribution >= 0.6 is 0 Å². The van der Waals surface area contributed by atoms with Gasteiger partial charge in [-0.15, -0.1) is 0 Å². The van der Waals surface area contributed by atoms with E-state index >= 15 is 0 Å². The highest BCUT2D eigenvalue weighted by atomic mass is 16.4. The van der Waals surface area contributed by atoms with E-state index in [0.717, 1.165) is 5.56 Å². The highest BCUT2D eigenvalue weighted by Crippen LogP contribution is 2.18. The van der Waals surface area contributed by atoms with Crippen LogP contribution in [0.4, 0.5) is 5.69 Å². The van der Waals surface area contributed by atoms with Crippen molar-refractivity contribution in [2.24, 2.45) is 0 Å². The van der Waals surface area contributed by atoms with Gasteiger partial charge in [-0.2, -0.15) is 0 Å². The summed E-state index contributed by atoms with van der Waals surface area (Å²) in [5.41, 5.74) is 1.32. The summed E-state index contributed by atoms with van der Waals surface area (Å²) in [4.78, 5) is 33.9. The van der Waals surface area contributed by atoms with E-state index < -0.39 is 12.0 Å². The molecule has 0 radical (unpaired) electrons. The largest absolute Gasteiger partial charge is 0.478 e. The maximum absolute atomic E-state index is 11.9. The lowest BCUT2D eigenvalue weighted by molar-refractivity contribution is -0.122. The van der Waals surface area contributed by atoms with Crippen molar-refractivity contribution in [2.75, 3.05) is 5.32 Å². The van der Waals surface area contributed by atoms with Crippen LogP contribution < -0.4 is 10.6 Å². The number of carboxylic acids is 1. The summed E-state index contributed by atoms with van der Waals surface area (Å²) in [6, 6.07) is 3.98. The lowest BCUT2D eigenvalue weighted by Gasteiger charge is -2.13. The summed E-state index contributed by atoms with van der Waals surface area (Å²) in [7, 11) is 0. The summed E-state index contributed by atoms with van der Waals surface area (Å²) in [6.45, 7) is 1.77. The van der Waals surface area contributed by atoms with Gasteiger partial charge >= 0.3 is 5.97 Å². The third kappa shape index (κ3) is 2.90. The van der Waals surface area contributed by atoms with Gasteiger partial charge in [-0.1, -0.05) is 6.07 Å². The zero-order chi connectivity index (χ0) is 14.0. The number of aryl methyl sites for hydroxylation is 1. The van der Waals surface area contributed by atoms with Crippen molar-refractivity contribution in [1.82, 2.24) is 5.32 Å². The molecule has 0 saturated carbocycles. The molecule has 2 amide bonds. The zero-order valence-corrected chi connectivity index (χ0v) is 10.4. The monoisotopic (exact) mass is 262 g/mol. The fourth-order valence-electron chi connectivity index (χ4n) is 1.92. The van der Waals surface area contributed by atoms with Crippen LogP contribution in [0.25, 0.3) is 0 Å². The average Bonchev–Trinajstić information content (AvgIpc) is 2.78. The van der Waals surface area contributed by atoms with Crippen molar-refractivity contribution in [3.05, 3.63) is 29.3 Å². The molecule has 1 aromatic carbocycles. The first-order valence-corrected chi connectivity index (χ1v) is 5.91. The summed E-state index contributed by atoms with van der Waals surface area (Å²) in [5, 5.41) is 14.1. The molecule has 0 bridgehead atoms. The number of anilines is 1. The van der Waals surface area contributed by atoms with Gasteiger partial charge in [-0.05, 0) is 31.0 Å². The van der Waals surface area contributed by atoms with Crippen LogP contribution in [0, 0.1) is 6.92 Å². The lowest BCUT2D eigenvalue weighted by atomic mass is 10.1. The normalized spacial score (nSPS) is 17.9. The van der Waals surface area contributed by atoms with Gasteiger partial charge in [-0.25, -0.2) is 4.79 Å². The van der Waals surface area contributed by atoms with E-state index in [4.69, 9.17) is 5.11 Å². The number of carbonyl (C=O) groups is 3. The van der Waals surface area contributed by atoms with Gasteiger partial charge < -0.3 is 15.7 Å². The SMILES string of the molecule is Cc1ccc(C(=O)O)cc1NC(=O)[C@@H]1CCC(=O)N1. The molecule has 0 unspecified atom stereocenters. The Bertz CT molecular complexity index is 554. The first kappa shape index (κ1) is 13.1. The summed E-state index contributed by atoms with van der Waals surface area (Å²) in [5.74, 6) is -1.52. The Balaban J connectivity index is 2.14. The number of nitrogens with one attached hydrogen (secondary N) is 2. The number of benzene rings is 1. The van der Waals surface area contributed by atoms with Crippen molar-refractivity contribution >= 4 is 23.5 Å². The van der Waals surface area contributed by atoms with E-state index in [1.54, 1.807) is 13.0 Å². The number of hydrogen-bond donors (Lipinski definition) is 3. The van der Waals surface area contributed by atoms with Gasteiger partial charge in [-0.3, -0.25) is 9.59 Å². The molecule has 6 nitrogen and oxygen atoms in total. The van der Waals surface area contributed by atoms with Gasteiger partial charge in [0.15, 0.2) is 0 Å². The molecule has 6 heteroatoms. The average molecular weight is 262 g/mol. The number of rotatable bonds is 3. The molecule has 0 aromatic heterocycles. The predicted molar refractivity (Wildman–Crippen MR) is 67.9 cm³/mol. The standard InChI is InChI=1S/C13H14N2O4/c1-7-2-3-8(13(18)19)6-10(7)15-12(17)9-4-5-11(16)14-9/h2-3,6,9H,4-5H2,1H3,(H,14,16)(H,15,17)(H,18,19)/t9-/m0/s1. The van der Waals surface area contributed by atoms with Crippen LogP contribution in [0.1, 0.15) is 28.8 Å². The quantitative estimate of drug-likeness (QED) is 0.754. The van der Waals surface area contributed by atoms with Crippen molar-refractivity contribution in [3.8, 4) is 0 Å². The topological polar surface area (TPSA) is 95.5 Å². The van der Waals surface area contributed by atoms with Crippen LogP contribution in [0.2, 0.25) is 0 Å². The van der Waals surface area contributed by atoms with Crippen molar-refractivity contribution < 1.29 is 19.5 Å². The van der Waals surface area contributed by atoms with E-state index in [2.05, 4.69) is 10.6 Å². The molecule has 1 fully saturated rings. The molecule has 1 aliphatic heterocycles. The van der Waals surface area contributed by atoms with Crippen LogP contribution in [0.5, 0.6) is 0 Å². The van der Waals surface area contributed by atoms with Gasteiger partial charge in [0.25, 0.3) is 0 Å². The van der Waals surface area contributed by atoms with E-state index in [9.17, 15) is 14.4 Å². The Morgan fingerprint density at radius 1 is 1.42 bits per heavy atom. The second kappa shape index (κ2) is 5.09. The Kier molecular flexibility index (Phi) is 3.50. The van der Waals surface area contributed by atoms with Gasteiger partial charge in [0.2, 0.25) is 11.8 Å². The van der Waals surface area contributed by atoms with Crippen LogP contribution in [0.15, 0.2) is 18.2 Å². The van der Waals surface area contributed by atoms with E-state index in [1.165, 1.54) is 12.1 Å². The second-order valence-corrected chi connectivity index (χ2v) is 4.48. The highest BCUT2D eigenvalue weighted by molar-refractivity contribution is 6.00. The van der Waals surface area contributed by atoms with Gasteiger partial charge in [0.1, 0.15) is 6.04 Å². The second-order valence-electron chi connectivity index (χ2n) is 4.48. The van der Waals surface area contributed by atoms with Crippen LogP contribution in [-0.2, 0) is 9.59 Å². The zero-order valence-electron chi connectivity index (χ0n) is 10.4. The molecule has 3 N–H and O–H groups in total. The highest BCUT2D eigenvalue weighted by Gasteiger charge is 2.27. The van der Waals surface area contributed by atoms with Crippen LogP contribution in [0.3, 0.4) is 0 Å². The molecule has 100 valence electrons. The molecule has 2 rings (SSSR count). The minimum Gasteiger partial charge on any atom is -0.478 e. The van der Waals surface area contributed by atoms with Crippen molar-refractivity contribution in [3.63, 3.8) is 0 Å². The maximum atomic E-state index is 11.9. The minimum atomic E-state index is -1.05. The first-order valence-electron chi connectivity index (χ1n) is 5.91. The number of carboxylic acid groups (broad SMARTS) is 1. The van der Waals surface area contributed by atoms with Gasteiger partial charge in [0.05, 0.1) is 5.56 Å². The summed E-state index contributed by atoms with van der Waals surface area (Å²) >= 11 is 0. The number of amides is 2. The molecule has 1 aromatic rings. The Labute approximate surface area is 109 Å². The predicted octanol–water partition coefficient (Wildman–Crippen LogP) is 0.910. The molecule has 1 saturated heterocycles. The molecule has 1 aliphatic rings. The number of aromatic carboxylic acids is 1. The van der Waals surface area contributed by atoms with E-state index in [1.807, 2.05) is 0 Å². The Hall–Kier alpha value is -2.37. The Morgan fingerprint density at radius 3 is 2.74 bits per heavy atom. The molecule has 19 heavy (non-hydrogen) atoms. The Morgan fingerprint density at radius 2 is 2.16 bits per heavy atom. The molecule has 1 atom stereocenters. The van der Waals surface area contributed by atoms with Crippen molar-refractivity contribution in [1.29, 1.82) is 0 Å². The third-order valence-corrected chi connectivity index (χ3v) is 3.05.